The summed E-state index contributed by atoms with van der Waals surface area (Å²) in [7, 11) is 2.53. The van der Waals surface area contributed by atoms with E-state index in [9.17, 15) is 14.4 Å². The summed E-state index contributed by atoms with van der Waals surface area (Å²) in [6.45, 7) is 0. The molecule has 10 nitrogen and oxygen atoms in total. The Balaban J connectivity index is 1.38. The normalized spacial score (nSPS) is 17.4. The molecule has 34 heavy (non-hydrogen) atoms. The highest BCUT2D eigenvalue weighted by atomic mass is 16.7. The first kappa shape index (κ1) is 20.2. The molecule has 0 unspecified atom stereocenters. The number of para-hydroxylation sites is 1. The minimum Gasteiger partial charge on any atom is -0.465 e. The third kappa shape index (κ3) is 2.71. The Morgan fingerprint density at radius 2 is 1.62 bits per heavy atom. The molecule has 0 amide bonds. The van der Waals surface area contributed by atoms with Crippen molar-refractivity contribution in [2.75, 3.05) is 14.2 Å². The number of hydrogen-bond acceptors (Lipinski definition) is 8. The molecule has 170 valence electrons. The lowest BCUT2D eigenvalue weighted by Crippen LogP contribution is -2.23. The van der Waals surface area contributed by atoms with E-state index < -0.39 is 17.9 Å². The fourth-order valence-electron chi connectivity index (χ4n) is 5.17. The molecule has 2 aromatic heterocycles. The van der Waals surface area contributed by atoms with Crippen LogP contribution in [0.5, 0.6) is 0 Å². The second-order valence-corrected chi connectivity index (χ2v) is 8.21. The maximum absolute atomic E-state index is 13.1. The first-order valence-electron chi connectivity index (χ1n) is 10.6. The van der Waals surface area contributed by atoms with Crippen LogP contribution in [0.25, 0.3) is 11.0 Å². The fraction of sp³-hybridized carbons (Fsp3) is 0.208. The maximum Gasteiger partial charge on any atom is 0.382 e. The summed E-state index contributed by atoms with van der Waals surface area (Å²) in [6.07, 6.45) is 2.53. The van der Waals surface area contributed by atoms with E-state index in [-0.39, 0.29) is 23.0 Å². The van der Waals surface area contributed by atoms with Crippen molar-refractivity contribution in [1.82, 2.24) is 20.1 Å². The summed E-state index contributed by atoms with van der Waals surface area (Å²) in [6, 6.07) is 10.5. The van der Waals surface area contributed by atoms with Gasteiger partial charge in [0.15, 0.2) is 0 Å². The smallest absolute Gasteiger partial charge is 0.382 e. The van der Waals surface area contributed by atoms with E-state index in [1.165, 1.54) is 14.2 Å². The van der Waals surface area contributed by atoms with E-state index in [1.54, 1.807) is 36.5 Å². The van der Waals surface area contributed by atoms with Crippen LogP contribution >= 0.6 is 0 Å². The Morgan fingerprint density at radius 1 is 0.941 bits per heavy atom. The summed E-state index contributed by atoms with van der Waals surface area (Å²) >= 11 is 0. The molecule has 1 N–H and O–H groups in total. The number of carbonyl (C=O) groups excluding carboxylic acids is 3. The molecule has 2 aliphatic carbocycles. The van der Waals surface area contributed by atoms with Gasteiger partial charge in [0.05, 0.1) is 25.3 Å². The van der Waals surface area contributed by atoms with Gasteiger partial charge in [0.2, 0.25) is 0 Å². The number of aromatic amines is 1. The summed E-state index contributed by atoms with van der Waals surface area (Å²) in [5.41, 5.74) is 5.41. The molecule has 0 radical (unpaired) electrons. The van der Waals surface area contributed by atoms with Crippen molar-refractivity contribution in [3.63, 3.8) is 0 Å². The predicted molar refractivity (Wildman–Crippen MR) is 117 cm³/mol. The lowest BCUT2D eigenvalue weighted by Gasteiger charge is -2.19. The Kier molecular flexibility index (Phi) is 4.31. The number of rotatable bonds is 4. The van der Waals surface area contributed by atoms with Crippen LogP contribution in [0.2, 0.25) is 0 Å². The van der Waals surface area contributed by atoms with Crippen LogP contribution in [-0.2, 0) is 9.47 Å². The lowest BCUT2D eigenvalue weighted by molar-refractivity contribution is 0.0400. The van der Waals surface area contributed by atoms with E-state index in [2.05, 4.69) is 15.3 Å². The first-order valence-corrected chi connectivity index (χ1v) is 10.6. The number of benzene rings is 2. The third-order valence-corrected chi connectivity index (χ3v) is 6.63. The van der Waals surface area contributed by atoms with E-state index in [1.807, 2.05) is 6.07 Å². The molecule has 0 saturated heterocycles. The van der Waals surface area contributed by atoms with Crippen LogP contribution in [0.15, 0.2) is 42.6 Å². The average molecular weight is 458 g/mol. The van der Waals surface area contributed by atoms with Crippen LogP contribution in [0.1, 0.15) is 71.7 Å². The minimum absolute atomic E-state index is 0.0184. The van der Waals surface area contributed by atoms with Crippen molar-refractivity contribution in [2.45, 2.75) is 18.3 Å². The molecule has 10 heteroatoms. The number of H-pyrrole nitrogens is 1. The Morgan fingerprint density at radius 3 is 2.32 bits per heavy atom. The highest BCUT2D eigenvalue weighted by molar-refractivity contribution is 6.04. The zero-order valence-corrected chi connectivity index (χ0v) is 18.2. The Hall–Kier alpha value is -4.47. The molecule has 2 bridgehead atoms. The maximum atomic E-state index is 13.1. The van der Waals surface area contributed by atoms with Gasteiger partial charge in [-0.1, -0.05) is 17.0 Å². The number of nitrogens with one attached hydrogen (secondary N) is 1. The van der Waals surface area contributed by atoms with Crippen molar-refractivity contribution in [3.8, 4) is 0 Å². The number of ether oxygens (including phenoxy) is 2. The van der Waals surface area contributed by atoms with E-state index in [0.29, 0.717) is 16.7 Å². The molecule has 0 aliphatic heterocycles. The number of carbonyl (C=O) groups is 3. The van der Waals surface area contributed by atoms with Gasteiger partial charge in [0.1, 0.15) is 16.7 Å². The summed E-state index contributed by atoms with van der Waals surface area (Å²) in [4.78, 5) is 47.5. The number of nitrogens with zero attached hydrogens (tertiary/aromatic N) is 3. The molecule has 2 aliphatic rings. The number of fused-ring (bicyclic) bond motifs is 9. The van der Waals surface area contributed by atoms with E-state index in [4.69, 9.17) is 14.3 Å². The molecule has 0 spiro atoms. The van der Waals surface area contributed by atoms with Gasteiger partial charge in [-0.3, -0.25) is 0 Å². The largest absolute Gasteiger partial charge is 0.465 e. The van der Waals surface area contributed by atoms with Gasteiger partial charge in [-0.15, -0.1) is 5.10 Å². The fourth-order valence-corrected chi connectivity index (χ4v) is 5.17. The van der Waals surface area contributed by atoms with Crippen molar-refractivity contribution in [1.29, 1.82) is 0 Å². The topological polar surface area (TPSA) is 125 Å². The van der Waals surface area contributed by atoms with E-state index in [0.717, 1.165) is 33.5 Å². The van der Waals surface area contributed by atoms with Crippen molar-refractivity contribution in [3.05, 3.63) is 81.7 Å². The van der Waals surface area contributed by atoms with Crippen LogP contribution in [0, 0.1) is 0 Å². The van der Waals surface area contributed by atoms with Crippen molar-refractivity contribution in [2.24, 2.45) is 0 Å². The standard InChI is InChI=1S/C24H18N4O6/c1-32-22(29)15-8-11-12(9-16(15)23(30)33-2)14-7-13(11)17-10-25-21(20(14)17)24(31)34-28-19-6-4-3-5-18(19)26-27-28/h3-6,8-10,13-14,25H,7H2,1-2H3/t13-,14+/m0/s1. The van der Waals surface area contributed by atoms with Gasteiger partial charge >= 0.3 is 17.9 Å². The minimum atomic E-state index is -0.627. The van der Waals surface area contributed by atoms with Gasteiger partial charge in [0.25, 0.3) is 0 Å². The quantitative estimate of drug-likeness (QED) is 0.365. The Labute approximate surface area is 192 Å². The van der Waals surface area contributed by atoms with Crippen molar-refractivity contribution >= 4 is 28.9 Å². The van der Waals surface area contributed by atoms with Gasteiger partial charge in [0, 0.05) is 18.0 Å². The molecule has 2 heterocycles. The number of methoxy groups -OCH3 is 2. The lowest BCUT2D eigenvalue weighted by atomic mass is 9.84. The second-order valence-electron chi connectivity index (χ2n) is 8.21. The molecule has 2 atom stereocenters. The molecule has 0 saturated carbocycles. The third-order valence-electron chi connectivity index (χ3n) is 6.63. The zero-order chi connectivity index (χ0) is 23.6. The SMILES string of the molecule is COC(=O)c1cc2c(cc1C(=O)OC)[C@H]1C[C@@H]2c2c[nH]c(C(=O)On3nnc4ccccc43)c21. The highest BCUT2D eigenvalue weighted by Gasteiger charge is 2.46. The summed E-state index contributed by atoms with van der Waals surface area (Å²) < 4.78 is 9.75. The molecular weight excluding hydrogens is 440 g/mol. The molecular formula is C24H18N4O6. The summed E-state index contributed by atoms with van der Waals surface area (Å²) in [5, 5.41) is 7.91. The van der Waals surface area contributed by atoms with Crippen LogP contribution in [-0.4, -0.2) is 52.3 Å². The van der Waals surface area contributed by atoms with Gasteiger partial charge in [-0.25, -0.2) is 14.4 Å². The number of esters is 2. The monoisotopic (exact) mass is 458 g/mol. The van der Waals surface area contributed by atoms with Crippen LogP contribution < -0.4 is 4.84 Å². The highest BCUT2D eigenvalue weighted by Crippen LogP contribution is 2.58. The molecule has 4 aromatic rings. The van der Waals surface area contributed by atoms with Gasteiger partial charge in [-0.2, -0.15) is 0 Å². The predicted octanol–water partition coefficient (Wildman–Crippen LogP) is 2.58. The van der Waals surface area contributed by atoms with Gasteiger partial charge < -0.3 is 19.3 Å². The molecule has 6 rings (SSSR count). The second kappa shape index (κ2) is 7.27. The van der Waals surface area contributed by atoms with E-state index >= 15 is 0 Å². The number of hydrogen-bond donors (Lipinski definition) is 1. The summed E-state index contributed by atoms with van der Waals surface area (Å²) in [5.74, 6) is -1.98. The van der Waals surface area contributed by atoms with Crippen LogP contribution in [0.4, 0.5) is 0 Å². The zero-order valence-electron chi connectivity index (χ0n) is 18.2. The average Bonchev–Trinajstić information content (AvgIpc) is 3.63. The van der Waals surface area contributed by atoms with Crippen LogP contribution in [0.3, 0.4) is 0 Å². The first-order chi connectivity index (χ1) is 16.5. The Bertz CT molecular complexity index is 1520. The number of aromatic nitrogens is 4. The molecule has 2 aromatic carbocycles. The molecule has 0 fully saturated rings. The van der Waals surface area contributed by atoms with Crippen molar-refractivity contribution < 1.29 is 28.7 Å². The van der Waals surface area contributed by atoms with Gasteiger partial charge in [-0.05, 0) is 58.2 Å².